The van der Waals surface area contributed by atoms with E-state index in [4.69, 9.17) is 21.1 Å². The minimum atomic E-state index is -0.976. The highest BCUT2D eigenvalue weighted by Crippen LogP contribution is 2.39. The van der Waals surface area contributed by atoms with Gasteiger partial charge in [0.05, 0.1) is 36.7 Å². The van der Waals surface area contributed by atoms with E-state index in [1.165, 1.54) is 6.20 Å². The molecule has 0 aliphatic heterocycles. The quantitative estimate of drug-likeness (QED) is 0.921. The van der Waals surface area contributed by atoms with Crippen LogP contribution in [0.1, 0.15) is 24.3 Å². The van der Waals surface area contributed by atoms with Crippen molar-refractivity contribution < 1.29 is 14.6 Å². The second kappa shape index (κ2) is 6.15. The Kier molecular flexibility index (Phi) is 4.52. The summed E-state index contributed by atoms with van der Waals surface area (Å²) < 4.78 is 12.3. The third-order valence-corrected chi connectivity index (χ3v) is 3.42. The molecule has 108 valence electrons. The van der Waals surface area contributed by atoms with E-state index in [-0.39, 0.29) is 0 Å². The van der Waals surface area contributed by atoms with Crippen molar-refractivity contribution >= 4 is 11.6 Å². The van der Waals surface area contributed by atoms with Crippen molar-refractivity contribution in [1.82, 2.24) is 9.78 Å². The van der Waals surface area contributed by atoms with Gasteiger partial charge >= 0.3 is 0 Å². The van der Waals surface area contributed by atoms with Gasteiger partial charge in [-0.15, -0.1) is 0 Å². The predicted octanol–water partition coefficient (Wildman–Crippen LogP) is 2.66. The number of benzene rings is 1. The monoisotopic (exact) mass is 296 g/mol. The normalized spacial score (nSPS) is 12.2. The van der Waals surface area contributed by atoms with Gasteiger partial charge < -0.3 is 14.6 Å². The van der Waals surface area contributed by atoms with Gasteiger partial charge in [-0.25, -0.2) is 0 Å². The van der Waals surface area contributed by atoms with Crippen LogP contribution in [0.5, 0.6) is 11.5 Å². The summed E-state index contributed by atoms with van der Waals surface area (Å²) in [4.78, 5) is 0. The van der Waals surface area contributed by atoms with Crippen molar-refractivity contribution in [2.75, 3.05) is 14.2 Å². The van der Waals surface area contributed by atoms with Crippen LogP contribution >= 0.6 is 11.6 Å². The van der Waals surface area contributed by atoms with E-state index in [0.29, 0.717) is 34.3 Å². The molecule has 1 aromatic heterocycles. The van der Waals surface area contributed by atoms with Crippen molar-refractivity contribution in [1.29, 1.82) is 0 Å². The largest absolute Gasteiger partial charge is 0.496 e. The summed E-state index contributed by atoms with van der Waals surface area (Å²) in [6.45, 7) is 2.54. The maximum Gasteiger partial charge on any atom is 0.129 e. The molecule has 0 aliphatic rings. The van der Waals surface area contributed by atoms with E-state index in [1.54, 1.807) is 37.1 Å². The van der Waals surface area contributed by atoms with E-state index in [2.05, 4.69) is 5.10 Å². The lowest BCUT2D eigenvalue weighted by Crippen LogP contribution is -2.11. The number of hydrogen-bond donors (Lipinski definition) is 1. The summed E-state index contributed by atoms with van der Waals surface area (Å²) in [5, 5.41) is 15.2. The molecule has 0 radical (unpaired) electrons. The highest BCUT2D eigenvalue weighted by atomic mass is 35.5. The SMILES string of the molecule is CCn1ncc(Cl)c1C(O)c1c(OC)cccc1OC. The van der Waals surface area contributed by atoms with Gasteiger partial charge in [0.2, 0.25) is 0 Å². The van der Waals surface area contributed by atoms with Gasteiger partial charge in [0, 0.05) is 6.54 Å². The molecule has 6 heteroatoms. The van der Waals surface area contributed by atoms with Gasteiger partial charge in [0.1, 0.15) is 17.6 Å². The zero-order chi connectivity index (χ0) is 14.7. The number of aromatic nitrogens is 2. The summed E-state index contributed by atoms with van der Waals surface area (Å²) in [6.07, 6.45) is 0.543. The lowest BCUT2D eigenvalue weighted by atomic mass is 10.0. The maximum absolute atomic E-state index is 10.7. The van der Waals surface area contributed by atoms with Crippen LogP contribution in [0.25, 0.3) is 0 Å². The molecule has 1 atom stereocenters. The molecular formula is C14H17ClN2O3. The molecule has 2 aromatic rings. The molecule has 0 saturated heterocycles. The molecule has 20 heavy (non-hydrogen) atoms. The molecular weight excluding hydrogens is 280 g/mol. The van der Waals surface area contributed by atoms with Crippen molar-refractivity contribution in [2.45, 2.75) is 19.6 Å². The molecule has 5 nitrogen and oxygen atoms in total. The molecule has 1 unspecified atom stereocenters. The number of aliphatic hydroxyl groups excluding tert-OH is 1. The van der Waals surface area contributed by atoms with E-state index < -0.39 is 6.10 Å². The number of nitrogens with zero attached hydrogens (tertiary/aromatic N) is 2. The first-order chi connectivity index (χ1) is 9.63. The summed E-state index contributed by atoms with van der Waals surface area (Å²) in [6, 6.07) is 5.33. The fourth-order valence-electron chi connectivity index (χ4n) is 2.18. The van der Waals surface area contributed by atoms with E-state index in [9.17, 15) is 5.11 Å². The van der Waals surface area contributed by atoms with Crippen molar-refractivity contribution in [3.63, 3.8) is 0 Å². The first-order valence-corrected chi connectivity index (χ1v) is 6.62. The smallest absolute Gasteiger partial charge is 0.129 e. The fraction of sp³-hybridized carbons (Fsp3) is 0.357. The van der Waals surface area contributed by atoms with Crippen molar-refractivity contribution in [3.05, 3.63) is 40.7 Å². The topological polar surface area (TPSA) is 56.5 Å². The van der Waals surface area contributed by atoms with Crippen LogP contribution in [0.15, 0.2) is 24.4 Å². The molecule has 0 aliphatic carbocycles. The molecule has 0 amide bonds. The Labute approximate surface area is 122 Å². The molecule has 0 fully saturated rings. The summed E-state index contributed by atoms with van der Waals surface area (Å²) >= 11 is 6.13. The summed E-state index contributed by atoms with van der Waals surface area (Å²) in [5.41, 5.74) is 1.06. The number of aliphatic hydroxyl groups is 1. The van der Waals surface area contributed by atoms with Crippen LogP contribution in [0.3, 0.4) is 0 Å². The first kappa shape index (κ1) is 14.7. The Balaban J connectivity index is 2.58. The van der Waals surface area contributed by atoms with Crippen molar-refractivity contribution in [2.24, 2.45) is 0 Å². The van der Waals surface area contributed by atoms with E-state index in [1.807, 2.05) is 6.92 Å². The Morgan fingerprint density at radius 2 is 1.90 bits per heavy atom. The Hall–Kier alpha value is -1.72. The second-order valence-electron chi connectivity index (χ2n) is 4.17. The molecule has 0 spiro atoms. The average molecular weight is 297 g/mol. The summed E-state index contributed by atoms with van der Waals surface area (Å²) in [5.74, 6) is 1.08. The van der Waals surface area contributed by atoms with Gasteiger partial charge in [0.15, 0.2) is 0 Å². The fourth-order valence-corrected chi connectivity index (χ4v) is 2.43. The maximum atomic E-state index is 10.7. The van der Waals surface area contributed by atoms with Crippen molar-refractivity contribution in [3.8, 4) is 11.5 Å². The van der Waals surface area contributed by atoms with Crippen LogP contribution < -0.4 is 9.47 Å². The molecule has 0 saturated carbocycles. The molecule has 1 N–H and O–H groups in total. The van der Waals surface area contributed by atoms with E-state index >= 15 is 0 Å². The second-order valence-corrected chi connectivity index (χ2v) is 4.58. The van der Waals surface area contributed by atoms with Gasteiger partial charge in [-0.3, -0.25) is 4.68 Å². The number of aryl methyl sites for hydroxylation is 1. The lowest BCUT2D eigenvalue weighted by molar-refractivity contribution is 0.197. The van der Waals surface area contributed by atoms with Crippen LogP contribution in [0, 0.1) is 0 Å². The molecule has 0 bridgehead atoms. The third kappa shape index (κ3) is 2.46. The lowest BCUT2D eigenvalue weighted by Gasteiger charge is -2.19. The number of ether oxygens (including phenoxy) is 2. The van der Waals surface area contributed by atoms with Gasteiger partial charge in [-0.2, -0.15) is 5.10 Å². The zero-order valence-electron chi connectivity index (χ0n) is 11.6. The first-order valence-electron chi connectivity index (χ1n) is 6.24. The van der Waals surface area contributed by atoms with Gasteiger partial charge in [0.25, 0.3) is 0 Å². The number of hydrogen-bond acceptors (Lipinski definition) is 4. The number of halogens is 1. The minimum absolute atomic E-state index is 0.410. The molecule has 1 heterocycles. The van der Waals surface area contributed by atoms with E-state index in [0.717, 1.165) is 0 Å². The molecule has 2 rings (SSSR count). The highest BCUT2D eigenvalue weighted by molar-refractivity contribution is 6.31. The van der Waals surface area contributed by atoms with Crippen LogP contribution in [-0.4, -0.2) is 29.1 Å². The number of rotatable bonds is 5. The van der Waals surface area contributed by atoms with Crippen LogP contribution in [0.4, 0.5) is 0 Å². The standard InChI is InChI=1S/C14H17ClN2O3/c1-4-17-13(9(15)8-16-17)14(18)12-10(19-2)6-5-7-11(12)20-3/h5-8,14,18H,4H2,1-3H3. The Morgan fingerprint density at radius 3 is 2.40 bits per heavy atom. The van der Waals surface area contributed by atoms with Crippen LogP contribution in [-0.2, 0) is 6.54 Å². The zero-order valence-corrected chi connectivity index (χ0v) is 12.4. The third-order valence-electron chi connectivity index (χ3n) is 3.13. The number of methoxy groups -OCH3 is 2. The average Bonchev–Trinajstić information content (AvgIpc) is 2.86. The summed E-state index contributed by atoms with van der Waals surface area (Å²) in [7, 11) is 3.09. The van der Waals surface area contributed by atoms with Gasteiger partial charge in [-0.1, -0.05) is 17.7 Å². The Bertz CT molecular complexity index is 576. The van der Waals surface area contributed by atoms with Gasteiger partial charge in [-0.05, 0) is 19.1 Å². The Morgan fingerprint density at radius 1 is 1.30 bits per heavy atom. The van der Waals surface area contributed by atoms with Crippen LogP contribution in [0.2, 0.25) is 5.02 Å². The highest BCUT2D eigenvalue weighted by Gasteiger charge is 2.25. The minimum Gasteiger partial charge on any atom is -0.496 e. The predicted molar refractivity (Wildman–Crippen MR) is 76.5 cm³/mol. The molecule has 1 aromatic carbocycles.